The minimum atomic E-state index is 0.385. The Bertz CT molecular complexity index is 1220. The lowest BCUT2D eigenvalue weighted by Gasteiger charge is -2.11. The van der Waals surface area contributed by atoms with Gasteiger partial charge in [-0.3, -0.25) is 0 Å². The van der Waals surface area contributed by atoms with Gasteiger partial charge in [0.1, 0.15) is 5.52 Å². The molecular formula is C20H16N6OS. The van der Waals surface area contributed by atoms with Crippen molar-refractivity contribution < 1.29 is 4.42 Å². The second kappa shape index (κ2) is 6.97. The Hall–Kier alpha value is -3.39. The van der Waals surface area contributed by atoms with E-state index >= 15 is 0 Å². The number of oxazole rings is 1. The van der Waals surface area contributed by atoms with Crippen LogP contribution in [0, 0.1) is 0 Å². The van der Waals surface area contributed by atoms with Gasteiger partial charge in [0.15, 0.2) is 34.5 Å². The van der Waals surface area contributed by atoms with E-state index in [4.69, 9.17) is 15.1 Å². The van der Waals surface area contributed by atoms with Gasteiger partial charge in [-0.05, 0) is 41.9 Å². The average Bonchev–Trinajstić information content (AvgIpc) is 3.35. The van der Waals surface area contributed by atoms with Crippen LogP contribution in [0.1, 0.15) is 5.56 Å². The number of nitrogens with two attached hydrogens (primary N) is 1. The molecule has 8 heteroatoms. The van der Waals surface area contributed by atoms with Crippen molar-refractivity contribution in [1.82, 2.24) is 24.5 Å². The molecule has 3 heterocycles. The van der Waals surface area contributed by atoms with E-state index in [0.717, 1.165) is 34.8 Å². The number of aryl methyl sites for hydroxylation is 2. The van der Waals surface area contributed by atoms with E-state index in [1.54, 1.807) is 6.33 Å². The molecule has 5 rings (SSSR count). The molecule has 2 aliphatic rings. The van der Waals surface area contributed by atoms with E-state index in [2.05, 4.69) is 27.1 Å². The van der Waals surface area contributed by atoms with Gasteiger partial charge in [-0.2, -0.15) is 0 Å². The molecule has 0 aliphatic carbocycles. The maximum atomic E-state index is 6.04. The van der Waals surface area contributed by atoms with Gasteiger partial charge < -0.3 is 14.7 Å². The van der Waals surface area contributed by atoms with Crippen molar-refractivity contribution in [1.29, 1.82) is 0 Å². The number of hydrogen-bond acceptors (Lipinski definition) is 7. The zero-order chi connectivity index (χ0) is 18.9. The standard InChI is InChI=1S/C20H16N6OS/c21-18-17-19(26(11-22-18)9-8-13-4-2-1-3-5-13)25-20(24-17)28-14-6-7-15-16(10-14)27-12-23-15/h1-7,10-12H,8-9,21H2. The Morgan fingerprint density at radius 3 is 2.82 bits per heavy atom. The van der Waals surface area contributed by atoms with Crippen LogP contribution in [0.3, 0.4) is 0 Å². The third kappa shape index (κ3) is 3.18. The Balaban J connectivity index is 1.43. The van der Waals surface area contributed by atoms with Crippen molar-refractivity contribution in [2.75, 3.05) is 5.73 Å². The summed E-state index contributed by atoms with van der Waals surface area (Å²) in [4.78, 5) is 18.7. The topological polar surface area (TPSA) is 95.7 Å². The molecule has 2 aliphatic heterocycles. The fourth-order valence-electron chi connectivity index (χ4n) is 3.04. The number of anilines is 1. The van der Waals surface area contributed by atoms with Gasteiger partial charge in [-0.25, -0.2) is 19.9 Å². The largest absolute Gasteiger partial charge is 0.443 e. The molecule has 0 saturated heterocycles. The molecule has 0 amide bonds. The second-order valence-electron chi connectivity index (χ2n) is 6.32. The number of aromatic nitrogens is 5. The molecule has 0 atom stereocenters. The molecule has 0 spiro atoms. The van der Waals surface area contributed by atoms with Gasteiger partial charge in [0.25, 0.3) is 0 Å². The molecule has 138 valence electrons. The Morgan fingerprint density at radius 1 is 1.04 bits per heavy atom. The number of benzene rings is 2. The van der Waals surface area contributed by atoms with Gasteiger partial charge in [-0.15, -0.1) is 0 Å². The molecule has 0 fully saturated rings. The van der Waals surface area contributed by atoms with Crippen molar-refractivity contribution in [2.24, 2.45) is 0 Å². The Morgan fingerprint density at radius 2 is 1.93 bits per heavy atom. The van der Waals surface area contributed by atoms with Gasteiger partial charge in [0.2, 0.25) is 0 Å². The summed E-state index contributed by atoms with van der Waals surface area (Å²) in [6.07, 6.45) is 4.04. The summed E-state index contributed by atoms with van der Waals surface area (Å²) in [5, 5.41) is 0.627. The number of nitrogens with zero attached hydrogens (tertiary/aromatic N) is 5. The summed E-state index contributed by atoms with van der Waals surface area (Å²) < 4.78 is 7.36. The van der Waals surface area contributed by atoms with Crippen LogP contribution in [-0.4, -0.2) is 24.5 Å². The summed E-state index contributed by atoms with van der Waals surface area (Å²) in [5.74, 6) is 1.13. The van der Waals surface area contributed by atoms with Crippen LogP contribution >= 0.6 is 11.8 Å². The average molecular weight is 388 g/mol. The maximum absolute atomic E-state index is 6.04. The highest BCUT2D eigenvalue weighted by Gasteiger charge is 2.19. The minimum absolute atomic E-state index is 0.385. The van der Waals surface area contributed by atoms with Crippen LogP contribution in [0.25, 0.3) is 22.6 Å². The number of nitrogen functional groups attached to an aromatic ring is 1. The molecule has 0 unspecified atom stereocenters. The predicted molar refractivity (Wildman–Crippen MR) is 107 cm³/mol. The maximum Gasteiger partial charge on any atom is 0.195 e. The zero-order valence-corrected chi connectivity index (χ0v) is 15.6. The molecule has 0 saturated carbocycles. The summed E-state index contributed by atoms with van der Waals surface area (Å²) in [6.45, 7) is 0.751. The van der Waals surface area contributed by atoms with Gasteiger partial charge in [0, 0.05) is 11.4 Å². The molecule has 3 aromatic rings. The van der Waals surface area contributed by atoms with Crippen LogP contribution in [0.2, 0.25) is 0 Å². The highest BCUT2D eigenvalue weighted by molar-refractivity contribution is 7.99. The third-order valence-corrected chi connectivity index (χ3v) is 5.32. The number of hydrogen-bond donors (Lipinski definition) is 1. The fraction of sp³-hybridized carbons (Fsp3) is 0.100. The monoisotopic (exact) mass is 388 g/mol. The first-order chi connectivity index (χ1) is 13.8. The lowest BCUT2D eigenvalue weighted by Crippen LogP contribution is -2.09. The first-order valence-electron chi connectivity index (χ1n) is 8.80. The van der Waals surface area contributed by atoms with E-state index in [9.17, 15) is 0 Å². The molecule has 1 aromatic heterocycles. The van der Waals surface area contributed by atoms with Crippen molar-refractivity contribution in [2.45, 2.75) is 23.0 Å². The van der Waals surface area contributed by atoms with Gasteiger partial charge in [0.05, 0.1) is 6.33 Å². The van der Waals surface area contributed by atoms with Crippen LogP contribution in [0.15, 0.2) is 75.7 Å². The molecule has 2 N–H and O–H groups in total. The van der Waals surface area contributed by atoms with Crippen LogP contribution in [0.4, 0.5) is 5.82 Å². The van der Waals surface area contributed by atoms with Crippen molar-refractivity contribution >= 4 is 28.7 Å². The third-order valence-electron chi connectivity index (χ3n) is 4.47. The van der Waals surface area contributed by atoms with Gasteiger partial charge in [-0.1, -0.05) is 30.3 Å². The summed E-state index contributed by atoms with van der Waals surface area (Å²) in [6, 6.07) is 16.1. The first kappa shape index (κ1) is 16.8. The lowest BCUT2D eigenvalue weighted by molar-refractivity contribution is 0.601. The molecule has 0 radical (unpaired) electrons. The van der Waals surface area contributed by atoms with E-state index < -0.39 is 0 Å². The van der Waals surface area contributed by atoms with Crippen molar-refractivity contribution in [3.8, 4) is 11.5 Å². The predicted octanol–water partition coefficient (Wildman–Crippen LogP) is 3.90. The molecular weight excluding hydrogens is 372 g/mol. The number of fused-ring (bicyclic) bond motifs is 2. The number of rotatable bonds is 5. The quantitative estimate of drug-likeness (QED) is 0.488. The van der Waals surface area contributed by atoms with E-state index in [1.165, 1.54) is 23.7 Å². The van der Waals surface area contributed by atoms with E-state index in [-0.39, 0.29) is 0 Å². The second-order valence-corrected chi connectivity index (χ2v) is 7.36. The lowest BCUT2D eigenvalue weighted by atomic mass is 10.1. The molecule has 28 heavy (non-hydrogen) atoms. The van der Waals surface area contributed by atoms with Gasteiger partial charge >= 0.3 is 0 Å². The van der Waals surface area contributed by atoms with Crippen LogP contribution in [0.5, 0.6) is 0 Å². The minimum Gasteiger partial charge on any atom is -0.443 e. The van der Waals surface area contributed by atoms with Crippen LogP contribution in [-0.2, 0) is 13.0 Å². The smallest absolute Gasteiger partial charge is 0.195 e. The zero-order valence-electron chi connectivity index (χ0n) is 14.8. The Kier molecular flexibility index (Phi) is 4.17. The summed E-state index contributed by atoms with van der Waals surface area (Å²) >= 11 is 1.46. The first-order valence-corrected chi connectivity index (χ1v) is 9.61. The molecule has 7 nitrogen and oxygen atoms in total. The number of imidazole rings is 1. The molecule has 0 bridgehead atoms. The van der Waals surface area contributed by atoms with Crippen LogP contribution < -0.4 is 5.73 Å². The normalized spacial score (nSPS) is 11.4. The fourth-order valence-corrected chi connectivity index (χ4v) is 3.82. The highest BCUT2D eigenvalue weighted by atomic mass is 32.2. The highest BCUT2D eigenvalue weighted by Crippen LogP contribution is 2.32. The van der Waals surface area contributed by atoms with Crippen molar-refractivity contribution in [3.63, 3.8) is 0 Å². The SMILES string of the molecule is Nc1ncn(CCc2ccccc2)c2nc(Sc3ccc4ncoc4c3)nc1-2. The summed E-state index contributed by atoms with van der Waals surface area (Å²) in [7, 11) is 0. The molecule has 2 aromatic carbocycles. The van der Waals surface area contributed by atoms with Crippen molar-refractivity contribution in [3.05, 3.63) is 66.8 Å². The Labute approximate surface area is 165 Å². The summed E-state index contributed by atoms with van der Waals surface area (Å²) in [5.41, 5.74) is 9.48. The van der Waals surface area contributed by atoms with E-state index in [0.29, 0.717) is 16.7 Å². The van der Waals surface area contributed by atoms with E-state index in [1.807, 2.05) is 41.0 Å².